The molecule has 0 N–H and O–H groups in total. The SMILES string of the molecule is C=CCN(Cc1ccc(Cl)s1)C(=O)c1ccnc(Cl)c1. The van der Waals surface area contributed by atoms with Crippen LogP contribution in [0.15, 0.2) is 43.1 Å². The van der Waals surface area contributed by atoms with Gasteiger partial charge in [0.05, 0.1) is 10.9 Å². The molecule has 0 aliphatic heterocycles. The Bertz CT molecular complexity index is 627. The van der Waals surface area contributed by atoms with Crippen molar-refractivity contribution in [2.24, 2.45) is 0 Å². The number of aromatic nitrogens is 1. The molecule has 3 nitrogen and oxygen atoms in total. The highest BCUT2D eigenvalue weighted by molar-refractivity contribution is 7.16. The smallest absolute Gasteiger partial charge is 0.254 e. The first-order valence-corrected chi connectivity index (χ1v) is 7.43. The average molecular weight is 327 g/mol. The van der Waals surface area contributed by atoms with Crippen molar-refractivity contribution in [2.45, 2.75) is 6.54 Å². The number of amides is 1. The van der Waals surface area contributed by atoms with E-state index in [0.29, 0.717) is 28.1 Å². The number of rotatable bonds is 5. The van der Waals surface area contributed by atoms with Gasteiger partial charge in [-0.2, -0.15) is 0 Å². The highest BCUT2D eigenvalue weighted by Gasteiger charge is 2.16. The Labute approximate surface area is 131 Å². The van der Waals surface area contributed by atoms with Crippen LogP contribution in [0, 0.1) is 0 Å². The molecule has 1 amide bonds. The molecule has 0 bridgehead atoms. The van der Waals surface area contributed by atoms with Crippen LogP contribution in [0.2, 0.25) is 9.49 Å². The van der Waals surface area contributed by atoms with Crippen molar-refractivity contribution < 1.29 is 4.79 Å². The predicted octanol–water partition coefficient (Wildman–Crippen LogP) is 4.28. The fraction of sp³-hybridized carbons (Fsp3) is 0.143. The number of hydrogen-bond acceptors (Lipinski definition) is 3. The first-order valence-electron chi connectivity index (χ1n) is 5.86. The number of pyridine rings is 1. The molecule has 2 heterocycles. The van der Waals surface area contributed by atoms with Crippen LogP contribution in [0.25, 0.3) is 0 Å². The third-order valence-electron chi connectivity index (χ3n) is 2.59. The molecule has 6 heteroatoms. The van der Waals surface area contributed by atoms with Gasteiger partial charge in [0.2, 0.25) is 0 Å². The van der Waals surface area contributed by atoms with Gasteiger partial charge in [0.15, 0.2) is 0 Å². The van der Waals surface area contributed by atoms with E-state index in [1.165, 1.54) is 17.5 Å². The lowest BCUT2D eigenvalue weighted by molar-refractivity contribution is 0.0764. The molecule has 0 fully saturated rings. The topological polar surface area (TPSA) is 33.2 Å². The molecule has 0 saturated carbocycles. The van der Waals surface area contributed by atoms with Crippen molar-refractivity contribution in [2.75, 3.05) is 6.54 Å². The molecule has 0 aliphatic rings. The van der Waals surface area contributed by atoms with E-state index in [9.17, 15) is 4.79 Å². The molecule has 2 rings (SSSR count). The second-order valence-electron chi connectivity index (χ2n) is 4.05. The summed E-state index contributed by atoms with van der Waals surface area (Å²) < 4.78 is 0.706. The Morgan fingerprint density at radius 1 is 1.40 bits per heavy atom. The lowest BCUT2D eigenvalue weighted by atomic mass is 10.2. The fourth-order valence-electron chi connectivity index (χ4n) is 1.72. The Hall–Kier alpha value is -1.36. The number of nitrogens with zero attached hydrogens (tertiary/aromatic N) is 2. The van der Waals surface area contributed by atoms with E-state index in [-0.39, 0.29) is 5.91 Å². The van der Waals surface area contributed by atoms with Crippen LogP contribution in [0.3, 0.4) is 0 Å². The molecular weight excluding hydrogens is 315 g/mol. The van der Waals surface area contributed by atoms with E-state index >= 15 is 0 Å². The van der Waals surface area contributed by atoms with E-state index in [2.05, 4.69) is 11.6 Å². The molecule has 0 atom stereocenters. The van der Waals surface area contributed by atoms with Crippen LogP contribution in [-0.2, 0) is 6.54 Å². The van der Waals surface area contributed by atoms with E-state index in [4.69, 9.17) is 23.2 Å². The summed E-state index contributed by atoms with van der Waals surface area (Å²) in [5.74, 6) is -0.112. The maximum atomic E-state index is 12.5. The van der Waals surface area contributed by atoms with Gasteiger partial charge in [0.1, 0.15) is 5.15 Å². The van der Waals surface area contributed by atoms with Gasteiger partial charge in [0.25, 0.3) is 5.91 Å². The van der Waals surface area contributed by atoms with Crippen molar-refractivity contribution in [3.8, 4) is 0 Å². The van der Waals surface area contributed by atoms with E-state index in [1.54, 1.807) is 23.1 Å². The van der Waals surface area contributed by atoms with Gasteiger partial charge in [-0.15, -0.1) is 17.9 Å². The van der Waals surface area contributed by atoms with Gasteiger partial charge in [-0.05, 0) is 24.3 Å². The Morgan fingerprint density at radius 3 is 2.80 bits per heavy atom. The summed E-state index contributed by atoms with van der Waals surface area (Å²) in [4.78, 5) is 19.0. The number of hydrogen-bond donors (Lipinski definition) is 0. The first-order chi connectivity index (χ1) is 9.60. The first kappa shape index (κ1) is 15.0. The maximum Gasteiger partial charge on any atom is 0.254 e. The lowest BCUT2D eigenvalue weighted by Crippen LogP contribution is -2.30. The maximum absolute atomic E-state index is 12.5. The number of carbonyl (C=O) groups is 1. The van der Waals surface area contributed by atoms with Crippen molar-refractivity contribution >= 4 is 40.4 Å². The van der Waals surface area contributed by atoms with Crippen LogP contribution >= 0.6 is 34.5 Å². The van der Waals surface area contributed by atoms with Crippen LogP contribution in [0.5, 0.6) is 0 Å². The van der Waals surface area contributed by atoms with Gasteiger partial charge in [-0.1, -0.05) is 29.3 Å². The molecule has 0 spiro atoms. The molecular formula is C14H12Cl2N2OS. The van der Waals surface area contributed by atoms with Gasteiger partial charge in [-0.3, -0.25) is 4.79 Å². The fourth-order valence-corrected chi connectivity index (χ4v) is 3.00. The quantitative estimate of drug-likeness (QED) is 0.607. The summed E-state index contributed by atoms with van der Waals surface area (Å²) in [6.45, 7) is 4.63. The van der Waals surface area contributed by atoms with E-state index in [0.717, 1.165) is 4.88 Å². The zero-order valence-corrected chi connectivity index (χ0v) is 12.9. The van der Waals surface area contributed by atoms with Gasteiger partial charge in [0, 0.05) is 23.2 Å². The average Bonchev–Trinajstić information content (AvgIpc) is 2.83. The van der Waals surface area contributed by atoms with Crippen molar-refractivity contribution in [1.29, 1.82) is 0 Å². The molecule has 20 heavy (non-hydrogen) atoms. The normalized spacial score (nSPS) is 10.3. The Morgan fingerprint density at radius 2 is 2.20 bits per heavy atom. The lowest BCUT2D eigenvalue weighted by Gasteiger charge is -2.20. The van der Waals surface area contributed by atoms with Crippen LogP contribution in [0.4, 0.5) is 0 Å². The zero-order valence-electron chi connectivity index (χ0n) is 10.6. The second kappa shape index (κ2) is 6.88. The highest BCUT2D eigenvalue weighted by atomic mass is 35.5. The molecule has 0 unspecified atom stereocenters. The summed E-state index contributed by atoms with van der Waals surface area (Å²) in [5, 5.41) is 0.300. The summed E-state index contributed by atoms with van der Waals surface area (Å²) >= 11 is 13.2. The number of halogens is 2. The zero-order chi connectivity index (χ0) is 14.5. The van der Waals surface area contributed by atoms with Gasteiger partial charge in [-0.25, -0.2) is 4.98 Å². The molecule has 0 aliphatic carbocycles. The minimum Gasteiger partial charge on any atom is -0.330 e. The van der Waals surface area contributed by atoms with Crippen LogP contribution in [-0.4, -0.2) is 22.3 Å². The molecule has 0 radical (unpaired) electrons. The predicted molar refractivity (Wildman–Crippen MR) is 83.5 cm³/mol. The minimum absolute atomic E-state index is 0.112. The summed E-state index contributed by atoms with van der Waals surface area (Å²) in [7, 11) is 0. The molecule has 0 saturated heterocycles. The van der Waals surface area contributed by atoms with Crippen LogP contribution < -0.4 is 0 Å². The largest absolute Gasteiger partial charge is 0.330 e. The Balaban J connectivity index is 2.19. The monoisotopic (exact) mass is 326 g/mol. The van der Waals surface area contributed by atoms with E-state index in [1.807, 2.05) is 12.1 Å². The number of thiophene rings is 1. The third-order valence-corrected chi connectivity index (χ3v) is 4.01. The molecule has 2 aromatic rings. The van der Waals surface area contributed by atoms with Crippen molar-refractivity contribution in [3.05, 3.63) is 63.0 Å². The summed E-state index contributed by atoms with van der Waals surface area (Å²) in [5.41, 5.74) is 0.509. The number of carbonyl (C=O) groups excluding carboxylic acids is 1. The van der Waals surface area contributed by atoms with Gasteiger partial charge >= 0.3 is 0 Å². The third kappa shape index (κ3) is 3.82. The molecule has 2 aromatic heterocycles. The van der Waals surface area contributed by atoms with Crippen molar-refractivity contribution in [3.63, 3.8) is 0 Å². The minimum atomic E-state index is -0.112. The summed E-state index contributed by atoms with van der Waals surface area (Å²) in [6.07, 6.45) is 3.21. The van der Waals surface area contributed by atoms with Gasteiger partial charge < -0.3 is 4.90 Å². The standard InChI is InChI=1S/C14H12Cl2N2OS/c1-2-7-18(9-11-3-4-13(16)20-11)14(19)10-5-6-17-12(15)8-10/h2-6,8H,1,7,9H2. The van der Waals surface area contributed by atoms with Crippen molar-refractivity contribution in [1.82, 2.24) is 9.88 Å². The molecule has 104 valence electrons. The van der Waals surface area contributed by atoms with E-state index < -0.39 is 0 Å². The van der Waals surface area contributed by atoms with Crippen LogP contribution in [0.1, 0.15) is 15.2 Å². The molecule has 0 aromatic carbocycles. The second-order valence-corrected chi connectivity index (χ2v) is 6.23. The highest BCUT2D eigenvalue weighted by Crippen LogP contribution is 2.23. The summed E-state index contributed by atoms with van der Waals surface area (Å²) in [6, 6.07) is 6.93. The Kier molecular flexibility index (Phi) is 5.17.